The Kier molecular flexibility index (Phi) is 6.73. The van der Waals surface area contributed by atoms with Crippen molar-refractivity contribution < 1.29 is 9.53 Å². The van der Waals surface area contributed by atoms with Gasteiger partial charge in [0.25, 0.3) is 5.91 Å². The van der Waals surface area contributed by atoms with E-state index in [1.807, 2.05) is 10.8 Å². The average Bonchev–Trinajstić information content (AvgIpc) is 3.19. The molecule has 1 N–H and O–H groups in total. The molecule has 0 radical (unpaired) electrons. The van der Waals surface area contributed by atoms with E-state index in [1.54, 1.807) is 6.20 Å². The van der Waals surface area contributed by atoms with Crippen molar-refractivity contribution in [2.24, 2.45) is 11.0 Å². The molecular weight excluding hydrogens is 422 g/mol. The van der Waals surface area contributed by atoms with E-state index in [9.17, 15) is 4.79 Å². The van der Waals surface area contributed by atoms with Gasteiger partial charge in [-0.15, -0.1) is 0 Å². The van der Waals surface area contributed by atoms with Gasteiger partial charge in [0.05, 0.1) is 17.9 Å². The standard InChI is InChI=1S/C22H33N7O2Si/c1-32(2,3)11-10-31-15-28-9-8-18-20-19(13-24-21(18)28)22(30)25-14-29(20)17-6-4-16(5-7-17)12-26-27-23/h8-9,13,16-17H,4-7,10-12,14-15H2,1-3H3,(H,25,30). The fourth-order valence-electron chi connectivity index (χ4n) is 4.68. The van der Waals surface area contributed by atoms with Crippen LogP contribution in [0.2, 0.25) is 25.7 Å². The molecule has 0 aromatic carbocycles. The zero-order valence-corrected chi connectivity index (χ0v) is 20.3. The minimum atomic E-state index is -1.13. The van der Waals surface area contributed by atoms with Gasteiger partial charge in [0, 0.05) is 50.0 Å². The highest BCUT2D eigenvalue weighted by molar-refractivity contribution is 6.76. The zero-order chi connectivity index (χ0) is 22.7. The quantitative estimate of drug-likeness (QED) is 0.204. The molecule has 4 rings (SSSR count). The third-order valence-corrected chi connectivity index (χ3v) is 8.29. The lowest BCUT2D eigenvalue weighted by atomic mass is 9.85. The fourth-order valence-corrected chi connectivity index (χ4v) is 5.44. The zero-order valence-electron chi connectivity index (χ0n) is 19.3. The number of amides is 1. The molecule has 0 atom stereocenters. The number of hydrogen-bond acceptors (Lipinski definition) is 5. The van der Waals surface area contributed by atoms with Gasteiger partial charge in [0.2, 0.25) is 0 Å². The summed E-state index contributed by atoms with van der Waals surface area (Å²) < 4.78 is 7.97. The van der Waals surface area contributed by atoms with E-state index in [0.29, 0.717) is 37.5 Å². The van der Waals surface area contributed by atoms with Crippen molar-refractivity contribution in [2.45, 2.75) is 64.1 Å². The summed E-state index contributed by atoms with van der Waals surface area (Å²) in [6, 6.07) is 3.53. The summed E-state index contributed by atoms with van der Waals surface area (Å²) in [7, 11) is -1.13. The number of nitrogens with one attached hydrogen (secondary N) is 1. The molecule has 1 saturated carbocycles. The van der Waals surface area contributed by atoms with Gasteiger partial charge in [-0.2, -0.15) is 0 Å². The van der Waals surface area contributed by atoms with Gasteiger partial charge in [-0.25, -0.2) is 4.98 Å². The lowest BCUT2D eigenvalue weighted by Crippen LogP contribution is -2.49. The summed E-state index contributed by atoms with van der Waals surface area (Å²) in [5.74, 6) is 0.384. The number of rotatable bonds is 8. The Labute approximate surface area is 189 Å². The molecule has 3 heterocycles. The van der Waals surface area contributed by atoms with E-state index >= 15 is 0 Å². The molecule has 9 nitrogen and oxygen atoms in total. The summed E-state index contributed by atoms with van der Waals surface area (Å²) in [5, 5.41) is 7.77. The van der Waals surface area contributed by atoms with Crippen molar-refractivity contribution in [2.75, 3.05) is 24.7 Å². The number of anilines is 1. The van der Waals surface area contributed by atoms with Crippen LogP contribution >= 0.6 is 0 Å². The molecule has 10 heteroatoms. The minimum absolute atomic E-state index is 0.0678. The fraction of sp³-hybridized carbons (Fsp3) is 0.636. The van der Waals surface area contributed by atoms with Crippen LogP contribution in [0.3, 0.4) is 0 Å². The van der Waals surface area contributed by atoms with Gasteiger partial charge < -0.3 is 19.5 Å². The first-order valence-electron chi connectivity index (χ1n) is 11.5. The Morgan fingerprint density at radius 2 is 2.09 bits per heavy atom. The number of hydrogen-bond donors (Lipinski definition) is 1. The van der Waals surface area contributed by atoms with Crippen LogP contribution in [0.25, 0.3) is 21.5 Å². The lowest BCUT2D eigenvalue weighted by Gasteiger charge is -2.41. The summed E-state index contributed by atoms with van der Waals surface area (Å²) in [4.78, 5) is 22.4. The number of pyridine rings is 1. The molecule has 0 saturated heterocycles. The maximum atomic E-state index is 12.6. The lowest BCUT2D eigenvalue weighted by molar-refractivity contribution is 0.0899. The molecule has 2 aromatic rings. The predicted octanol–water partition coefficient (Wildman–Crippen LogP) is 4.73. The number of aromatic nitrogens is 2. The van der Waals surface area contributed by atoms with Crippen LogP contribution < -0.4 is 10.2 Å². The largest absolute Gasteiger partial charge is 0.361 e. The number of nitrogens with zero attached hydrogens (tertiary/aromatic N) is 6. The Morgan fingerprint density at radius 1 is 1.31 bits per heavy atom. The Morgan fingerprint density at radius 3 is 2.81 bits per heavy atom. The van der Waals surface area contributed by atoms with E-state index < -0.39 is 8.07 Å². The summed E-state index contributed by atoms with van der Waals surface area (Å²) >= 11 is 0. The monoisotopic (exact) mass is 455 g/mol. The Balaban J connectivity index is 1.54. The van der Waals surface area contributed by atoms with Crippen LogP contribution in [0, 0.1) is 5.92 Å². The van der Waals surface area contributed by atoms with Crippen molar-refractivity contribution in [3.05, 3.63) is 34.5 Å². The van der Waals surface area contributed by atoms with Crippen molar-refractivity contribution in [3.63, 3.8) is 0 Å². The second kappa shape index (κ2) is 9.52. The van der Waals surface area contributed by atoms with E-state index in [-0.39, 0.29) is 5.91 Å². The molecule has 0 unspecified atom stereocenters. The van der Waals surface area contributed by atoms with Crippen molar-refractivity contribution in [3.8, 4) is 0 Å². The molecule has 172 valence electrons. The Bertz CT molecular complexity index is 1020. The maximum Gasteiger partial charge on any atom is 0.256 e. The molecule has 1 aliphatic heterocycles. The van der Waals surface area contributed by atoms with E-state index in [2.05, 4.69) is 50.9 Å². The third kappa shape index (κ3) is 4.92. The molecule has 2 aromatic heterocycles. The van der Waals surface area contributed by atoms with E-state index in [0.717, 1.165) is 55.1 Å². The summed E-state index contributed by atoms with van der Waals surface area (Å²) in [6.45, 7) is 9.35. The Hall–Kier alpha value is -2.55. The molecule has 32 heavy (non-hydrogen) atoms. The first kappa shape index (κ1) is 22.6. The molecule has 1 amide bonds. The van der Waals surface area contributed by atoms with Crippen LogP contribution in [-0.4, -0.2) is 49.4 Å². The highest BCUT2D eigenvalue weighted by Crippen LogP contribution is 2.37. The van der Waals surface area contributed by atoms with Crippen LogP contribution in [-0.2, 0) is 11.5 Å². The smallest absolute Gasteiger partial charge is 0.256 e. The summed E-state index contributed by atoms with van der Waals surface area (Å²) in [6.07, 6.45) is 7.81. The second-order valence-electron chi connectivity index (χ2n) is 10.1. The number of carbonyl (C=O) groups is 1. The van der Waals surface area contributed by atoms with Crippen molar-refractivity contribution in [1.29, 1.82) is 0 Å². The van der Waals surface area contributed by atoms with Crippen molar-refractivity contribution in [1.82, 2.24) is 14.9 Å². The minimum Gasteiger partial charge on any atom is -0.361 e. The van der Waals surface area contributed by atoms with Crippen LogP contribution in [0.4, 0.5) is 5.69 Å². The van der Waals surface area contributed by atoms with Crippen molar-refractivity contribution >= 4 is 30.7 Å². The molecule has 1 fully saturated rings. The highest BCUT2D eigenvalue weighted by Gasteiger charge is 2.33. The van der Waals surface area contributed by atoms with E-state index in [4.69, 9.17) is 10.3 Å². The number of ether oxygens (including phenoxy) is 1. The SMILES string of the molecule is C[Si](C)(C)CCOCn1ccc2c3c(cnc21)C(=O)NCN3C1CCC(CN=[N+]=[N-])CC1. The van der Waals surface area contributed by atoms with Gasteiger partial charge in [-0.1, -0.05) is 24.8 Å². The van der Waals surface area contributed by atoms with Crippen LogP contribution in [0.1, 0.15) is 36.0 Å². The molecule has 0 bridgehead atoms. The molecular formula is C22H33N7O2Si. The number of fused-ring (bicyclic) bond motifs is 3. The maximum absolute atomic E-state index is 12.6. The first-order valence-corrected chi connectivity index (χ1v) is 15.2. The van der Waals surface area contributed by atoms with Gasteiger partial charge in [0.1, 0.15) is 12.4 Å². The number of carbonyl (C=O) groups excluding carboxylic acids is 1. The highest BCUT2D eigenvalue weighted by atomic mass is 28.3. The topological polar surface area (TPSA) is 108 Å². The molecule has 1 aliphatic carbocycles. The van der Waals surface area contributed by atoms with Gasteiger partial charge in [0.15, 0.2) is 0 Å². The van der Waals surface area contributed by atoms with Crippen LogP contribution in [0.15, 0.2) is 23.6 Å². The van der Waals surface area contributed by atoms with Gasteiger partial charge in [-0.3, -0.25) is 4.79 Å². The number of azide groups is 1. The molecule has 2 aliphatic rings. The third-order valence-electron chi connectivity index (χ3n) is 6.59. The van der Waals surface area contributed by atoms with Gasteiger partial charge >= 0.3 is 0 Å². The first-order chi connectivity index (χ1) is 15.4. The molecule has 0 spiro atoms. The summed E-state index contributed by atoms with van der Waals surface area (Å²) in [5.41, 5.74) is 11.1. The normalized spacial score (nSPS) is 21.2. The van der Waals surface area contributed by atoms with Crippen LogP contribution in [0.5, 0.6) is 0 Å². The average molecular weight is 456 g/mol. The second-order valence-corrected chi connectivity index (χ2v) is 15.7. The predicted molar refractivity (Wildman–Crippen MR) is 128 cm³/mol. The van der Waals surface area contributed by atoms with Gasteiger partial charge in [-0.05, 0) is 49.2 Å². The van der Waals surface area contributed by atoms with E-state index in [1.165, 1.54) is 0 Å².